The fourth-order valence-corrected chi connectivity index (χ4v) is 3.28. The van der Waals surface area contributed by atoms with Crippen molar-refractivity contribution in [3.63, 3.8) is 0 Å². The smallest absolute Gasteiger partial charge is 0.271 e. The van der Waals surface area contributed by atoms with E-state index < -0.39 is 15.2 Å². The molecule has 0 fully saturated rings. The third-order valence-electron chi connectivity index (χ3n) is 2.53. The van der Waals surface area contributed by atoms with E-state index in [4.69, 9.17) is 0 Å². The van der Waals surface area contributed by atoms with Crippen LogP contribution in [0.1, 0.15) is 0 Å². The zero-order chi connectivity index (χ0) is 12.8. The Morgan fingerprint density at radius 1 is 1.22 bits per heavy atom. The zero-order valence-electron chi connectivity index (χ0n) is 8.95. The van der Waals surface area contributed by atoms with Crippen LogP contribution in [-0.2, 0) is 10.2 Å². The molecule has 92 valence electrons. The van der Waals surface area contributed by atoms with Crippen LogP contribution in [0.2, 0.25) is 0 Å². The number of aromatic nitrogens is 2. The van der Waals surface area contributed by atoms with Crippen molar-refractivity contribution in [1.82, 2.24) is 9.38 Å². The van der Waals surface area contributed by atoms with E-state index in [9.17, 15) is 12.3 Å². The summed E-state index contributed by atoms with van der Waals surface area (Å²) in [6.07, 6.45) is 1.04. The highest BCUT2D eigenvalue weighted by atomic mass is 32.3. The lowest BCUT2D eigenvalue weighted by atomic mass is 10.2. The molecule has 18 heavy (non-hydrogen) atoms. The molecular weight excluding hydrogens is 275 g/mol. The molecule has 7 heteroatoms. The summed E-state index contributed by atoms with van der Waals surface area (Å²) in [6, 6.07) is 9.18. The molecule has 0 atom stereocenters. The van der Waals surface area contributed by atoms with Gasteiger partial charge in [-0.2, -0.15) is 8.42 Å². The largest absolute Gasteiger partial charge is 0.349 e. The number of imidazole rings is 1. The maximum Gasteiger partial charge on any atom is 0.349 e. The standard InChI is InChI=1S/C11H7FN2O2S2/c12-18(15,16)10-6-13-11-14(10)9(7-17-11)8-4-2-1-3-5-8/h1-7H. The van der Waals surface area contributed by atoms with E-state index in [1.54, 1.807) is 5.38 Å². The maximum atomic E-state index is 13.2. The molecule has 0 spiro atoms. The minimum atomic E-state index is -4.78. The summed E-state index contributed by atoms with van der Waals surface area (Å²) in [6.45, 7) is 0. The van der Waals surface area contributed by atoms with Gasteiger partial charge in [0.15, 0.2) is 9.99 Å². The van der Waals surface area contributed by atoms with Crippen LogP contribution >= 0.6 is 11.3 Å². The van der Waals surface area contributed by atoms with Gasteiger partial charge in [0.1, 0.15) is 0 Å². The lowest BCUT2D eigenvalue weighted by Gasteiger charge is -2.01. The molecule has 0 amide bonds. The molecule has 0 aliphatic rings. The van der Waals surface area contributed by atoms with Crippen molar-refractivity contribution in [2.45, 2.75) is 5.03 Å². The van der Waals surface area contributed by atoms with E-state index in [0.717, 1.165) is 11.8 Å². The second-order valence-electron chi connectivity index (χ2n) is 3.64. The Morgan fingerprint density at radius 2 is 1.94 bits per heavy atom. The van der Waals surface area contributed by atoms with Gasteiger partial charge in [-0.3, -0.25) is 4.40 Å². The molecular formula is C11H7FN2O2S2. The fraction of sp³-hybridized carbons (Fsp3) is 0. The van der Waals surface area contributed by atoms with Crippen molar-refractivity contribution in [2.24, 2.45) is 0 Å². The first-order valence-corrected chi connectivity index (χ1v) is 7.29. The van der Waals surface area contributed by atoms with Gasteiger partial charge in [0.2, 0.25) is 0 Å². The lowest BCUT2D eigenvalue weighted by molar-refractivity contribution is 0.547. The second kappa shape index (κ2) is 3.89. The summed E-state index contributed by atoms with van der Waals surface area (Å²) in [5.41, 5.74) is 1.43. The molecule has 0 radical (unpaired) electrons. The number of hydrogen-bond donors (Lipinski definition) is 0. The van der Waals surface area contributed by atoms with Gasteiger partial charge in [-0.15, -0.1) is 11.3 Å². The van der Waals surface area contributed by atoms with Crippen LogP contribution in [0.3, 0.4) is 0 Å². The van der Waals surface area contributed by atoms with Crippen LogP contribution in [0.5, 0.6) is 0 Å². The quantitative estimate of drug-likeness (QED) is 0.679. The predicted octanol–water partition coefficient (Wildman–Crippen LogP) is 2.72. The monoisotopic (exact) mass is 282 g/mol. The Kier molecular flexibility index (Phi) is 2.46. The van der Waals surface area contributed by atoms with Crippen LogP contribution in [0, 0.1) is 0 Å². The van der Waals surface area contributed by atoms with E-state index in [1.807, 2.05) is 30.3 Å². The van der Waals surface area contributed by atoms with E-state index in [2.05, 4.69) is 4.98 Å². The molecule has 0 aliphatic carbocycles. The van der Waals surface area contributed by atoms with E-state index in [0.29, 0.717) is 10.7 Å². The Balaban J connectivity index is 2.35. The van der Waals surface area contributed by atoms with Crippen molar-refractivity contribution >= 4 is 26.5 Å². The van der Waals surface area contributed by atoms with Crippen molar-refractivity contribution < 1.29 is 12.3 Å². The number of benzene rings is 1. The summed E-state index contributed by atoms with van der Waals surface area (Å²) in [5, 5.41) is 1.32. The SMILES string of the molecule is O=S(=O)(F)c1cnc2scc(-c3ccccc3)n12. The maximum absolute atomic E-state index is 13.2. The minimum Gasteiger partial charge on any atom is -0.271 e. The Morgan fingerprint density at radius 3 is 2.61 bits per heavy atom. The number of hydrogen-bond acceptors (Lipinski definition) is 4. The minimum absolute atomic E-state index is 0.433. The Bertz CT molecular complexity index is 806. The molecule has 2 heterocycles. The first-order chi connectivity index (χ1) is 8.57. The summed E-state index contributed by atoms with van der Waals surface area (Å²) in [7, 11) is -4.78. The van der Waals surface area contributed by atoms with Crippen molar-refractivity contribution in [3.05, 3.63) is 41.9 Å². The van der Waals surface area contributed by atoms with Gasteiger partial charge < -0.3 is 0 Å². The molecule has 4 nitrogen and oxygen atoms in total. The molecule has 0 saturated heterocycles. The molecule has 0 bridgehead atoms. The lowest BCUT2D eigenvalue weighted by Crippen LogP contribution is -1.98. The second-order valence-corrected chi connectivity index (χ2v) is 5.77. The van der Waals surface area contributed by atoms with Gasteiger partial charge in [0.05, 0.1) is 11.9 Å². The fourth-order valence-electron chi connectivity index (χ4n) is 1.76. The van der Waals surface area contributed by atoms with Gasteiger partial charge in [-0.05, 0) is 5.56 Å². The number of nitrogens with zero attached hydrogens (tertiary/aromatic N) is 2. The van der Waals surface area contributed by atoms with Crippen molar-refractivity contribution in [2.75, 3.05) is 0 Å². The third-order valence-corrected chi connectivity index (χ3v) is 4.16. The number of thiazole rings is 1. The molecule has 0 aliphatic heterocycles. The molecule has 0 unspecified atom stereocenters. The molecule has 2 aromatic heterocycles. The summed E-state index contributed by atoms with van der Waals surface area (Å²) in [4.78, 5) is 4.34. The van der Waals surface area contributed by atoms with Crippen LogP contribution in [0.25, 0.3) is 16.2 Å². The van der Waals surface area contributed by atoms with Gasteiger partial charge in [-0.25, -0.2) is 4.98 Å². The zero-order valence-corrected chi connectivity index (χ0v) is 10.6. The van der Waals surface area contributed by atoms with Gasteiger partial charge in [-0.1, -0.05) is 34.2 Å². The Labute approximate surface area is 107 Å². The van der Waals surface area contributed by atoms with Crippen LogP contribution in [0.15, 0.2) is 46.9 Å². The van der Waals surface area contributed by atoms with Crippen LogP contribution in [0.4, 0.5) is 3.89 Å². The first-order valence-electron chi connectivity index (χ1n) is 5.02. The topological polar surface area (TPSA) is 51.4 Å². The summed E-state index contributed by atoms with van der Waals surface area (Å²) < 4.78 is 36.6. The number of fused-ring (bicyclic) bond motifs is 1. The van der Waals surface area contributed by atoms with E-state index in [-0.39, 0.29) is 0 Å². The average molecular weight is 282 g/mol. The first kappa shape index (κ1) is 11.4. The van der Waals surface area contributed by atoms with Crippen molar-refractivity contribution in [1.29, 1.82) is 0 Å². The van der Waals surface area contributed by atoms with E-state index in [1.165, 1.54) is 15.7 Å². The van der Waals surface area contributed by atoms with Gasteiger partial charge >= 0.3 is 10.2 Å². The molecule has 3 aromatic rings. The molecule has 1 aromatic carbocycles. The molecule has 3 rings (SSSR count). The van der Waals surface area contributed by atoms with E-state index >= 15 is 0 Å². The predicted molar refractivity (Wildman–Crippen MR) is 66.8 cm³/mol. The van der Waals surface area contributed by atoms with Gasteiger partial charge in [0.25, 0.3) is 0 Å². The van der Waals surface area contributed by atoms with Crippen LogP contribution in [-0.4, -0.2) is 17.8 Å². The van der Waals surface area contributed by atoms with Crippen LogP contribution < -0.4 is 0 Å². The number of halogens is 1. The normalized spacial score (nSPS) is 12.1. The highest BCUT2D eigenvalue weighted by molar-refractivity contribution is 7.86. The summed E-state index contributed by atoms with van der Waals surface area (Å²) in [5.74, 6) is 0. The summed E-state index contributed by atoms with van der Waals surface area (Å²) >= 11 is 1.27. The molecule has 0 N–H and O–H groups in total. The number of rotatable bonds is 2. The highest BCUT2D eigenvalue weighted by Crippen LogP contribution is 2.29. The third kappa shape index (κ3) is 1.72. The van der Waals surface area contributed by atoms with Crippen molar-refractivity contribution in [3.8, 4) is 11.3 Å². The average Bonchev–Trinajstić information content (AvgIpc) is 2.88. The Hall–Kier alpha value is -1.73. The molecule has 0 saturated carbocycles. The highest BCUT2D eigenvalue weighted by Gasteiger charge is 2.21. The van der Waals surface area contributed by atoms with Gasteiger partial charge in [0, 0.05) is 5.38 Å².